The molecule has 0 heterocycles. The van der Waals surface area contributed by atoms with Gasteiger partial charge in [0.05, 0.1) is 6.54 Å². The van der Waals surface area contributed by atoms with Gasteiger partial charge in [-0.15, -0.1) is 0 Å². The Balaban J connectivity index is 3.71. The van der Waals surface area contributed by atoms with E-state index in [-0.39, 0.29) is 6.54 Å². The SMILES string of the molecule is CCC(=N)CNC(=O)OC(C)(C)C. The third-order valence-electron chi connectivity index (χ3n) is 1.27. The zero-order valence-corrected chi connectivity index (χ0v) is 8.73. The molecule has 0 unspecified atom stereocenters. The molecule has 1 amide bonds. The molecule has 0 aromatic heterocycles. The van der Waals surface area contributed by atoms with E-state index in [1.165, 1.54) is 0 Å². The van der Waals surface area contributed by atoms with Gasteiger partial charge < -0.3 is 15.5 Å². The minimum Gasteiger partial charge on any atom is -0.444 e. The van der Waals surface area contributed by atoms with Crippen molar-refractivity contribution >= 4 is 11.8 Å². The molecule has 76 valence electrons. The van der Waals surface area contributed by atoms with Gasteiger partial charge in [0.1, 0.15) is 5.60 Å². The van der Waals surface area contributed by atoms with Crippen LogP contribution in [-0.4, -0.2) is 24.0 Å². The van der Waals surface area contributed by atoms with E-state index in [4.69, 9.17) is 10.1 Å². The Morgan fingerprint density at radius 3 is 2.38 bits per heavy atom. The molecule has 0 saturated heterocycles. The minimum absolute atomic E-state index is 0.269. The van der Waals surface area contributed by atoms with Crippen LogP contribution in [0.3, 0.4) is 0 Å². The van der Waals surface area contributed by atoms with Crippen molar-refractivity contribution in [1.82, 2.24) is 5.32 Å². The molecule has 4 heteroatoms. The van der Waals surface area contributed by atoms with Crippen LogP contribution >= 0.6 is 0 Å². The van der Waals surface area contributed by atoms with Crippen LogP contribution in [0.4, 0.5) is 4.79 Å². The zero-order chi connectivity index (χ0) is 10.5. The molecule has 0 radical (unpaired) electrons. The van der Waals surface area contributed by atoms with Gasteiger partial charge in [-0.1, -0.05) is 6.92 Å². The van der Waals surface area contributed by atoms with Crippen LogP contribution in [0.5, 0.6) is 0 Å². The Morgan fingerprint density at radius 2 is 2.00 bits per heavy atom. The van der Waals surface area contributed by atoms with E-state index in [0.29, 0.717) is 12.1 Å². The summed E-state index contributed by atoms with van der Waals surface area (Å²) in [4.78, 5) is 11.0. The Labute approximate surface area is 79.2 Å². The molecule has 0 spiro atoms. The van der Waals surface area contributed by atoms with Crippen molar-refractivity contribution in [3.8, 4) is 0 Å². The molecule has 0 bridgehead atoms. The van der Waals surface area contributed by atoms with E-state index in [0.717, 1.165) is 0 Å². The molecule has 2 N–H and O–H groups in total. The number of hydrogen-bond acceptors (Lipinski definition) is 3. The van der Waals surface area contributed by atoms with E-state index >= 15 is 0 Å². The largest absolute Gasteiger partial charge is 0.444 e. The maximum Gasteiger partial charge on any atom is 0.407 e. The molecule has 0 aliphatic heterocycles. The normalized spacial score (nSPS) is 10.8. The predicted octanol–water partition coefficient (Wildman–Crippen LogP) is 1.94. The summed E-state index contributed by atoms with van der Waals surface area (Å²) in [5.74, 6) is 0. The maximum atomic E-state index is 11.0. The zero-order valence-electron chi connectivity index (χ0n) is 8.73. The molecule has 0 rings (SSSR count). The van der Waals surface area contributed by atoms with Crippen molar-refractivity contribution in [2.45, 2.75) is 39.7 Å². The van der Waals surface area contributed by atoms with Gasteiger partial charge in [0.2, 0.25) is 0 Å². The second kappa shape index (κ2) is 4.84. The van der Waals surface area contributed by atoms with Crippen LogP contribution in [-0.2, 0) is 4.74 Å². The van der Waals surface area contributed by atoms with E-state index < -0.39 is 11.7 Å². The van der Waals surface area contributed by atoms with Crippen molar-refractivity contribution in [3.05, 3.63) is 0 Å². The maximum absolute atomic E-state index is 11.0. The summed E-state index contributed by atoms with van der Waals surface area (Å²) >= 11 is 0. The van der Waals surface area contributed by atoms with Crippen LogP contribution in [0.1, 0.15) is 34.1 Å². The minimum atomic E-state index is -0.474. The summed E-state index contributed by atoms with van der Waals surface area (Å²) < 4.78 is 4.99. The first-order valence-electron chi connectivity index (χ1n) is 4.38. The summed E-state index contributed by atoms with van der Waals surface area (Å²) in [5, 5.41) is 9.80. The third kappa shape index (κ3) is 7.31. The van der Waals surface area contributed by atoms with Crippen molar-refractivity contribution in [1.29, 1.82) is 5.41 Å². The fourth-order valence-corrected chi connectivity index (χ4v) is 0.618. The predicted molar refractivity (Wildman–Crippen MR) is 52.3 cm³/mol. The number of carbonyl (C=O) groups excluding carboxylic acids is 1. The Bertz CT molecular complexity index is 194. The topological polar surface area (TPSA) is 62.2 Å². The van der Waals surface area contributed by atoms with Gasteiger partial charge in [-0.2, -0.15) is 0 Å². The lowest BCUT2D eigenvalue weighted by atomic mass is 10.2. The standard InChI is InChI=1S/C9H18N2O2/c1-5-7(10)6-11-8(12)13-9(2,3)4/h10H,5-6H2,1-4H3,(H,11,12). The lowest BCUT2D eigenvalue weighted by Gasteiger charge is -2.19. The second-order valence-electron chi connectivity index (χ2n) is 3.81. The van der Waals surface area contributed by atoms with E-state index in [1.807, 2.05) is 6.92 Å². The lowest BCUT2D eigenvalue weighted by molar-refractivity contribution is 0.0535. The van der Waals surface area contributed by atoms with Crippen LogP contribution in [0, 0.1) is 5.41 Å². The first-order valence-corrected chi connectivity index (χ1v) is 4.38. The smallest absolute Gasteiger partial charge is 0.407 e. The fourth-order valence-electron chi connectivity index (χ4n) is 0.618. The average molecular weight is 186 g/mol. The summed E-state index contributed by atoms with van der Waals surface area (Å²) in [7, 11) is 0. The number of nitrogens with one attached hydrogen (secondary N) is 2. The Hall–Kier alpha value is -1.06. The van der Waals surface area contributed by atoms with E-state index in [2.05, 4.69) is 5.32 Å². The van der Waals surface area contributed by atoms with Crippen molar-refractivity contribution in [3.63, 3.8) is 0 Å². The second-order valence-corrected chi connectivity index (χ2v) is 3.81. The van der Waals surface area contributed by atoms with Crippen molar-refractivity contribution in [2.24, 2.45) is 0 Å². The van der Waals surface area contributed by atoms with Gasteiger partial charge in [0, 0.05) is 5.71 Å². The van der Waals surface area contributed by atoms with Gasteiger partial charge in [0.25, 0.3) is 0 Å². The number of hydrogen-bond donors (Lipinski definition) is 2. The Kier molecular flexibility index (Phi) is 4.45. The molecular weight excluding hydrogens is 168 g/mol. The molecule has 0 aliphatic carbocycles. The van der Waals surface area contributed by atoms with E-state index in [1.54, 1.807) is 20.8 Å². The van der Waals surface area contributed by atoms with Crippen LogP contribution in [0.25, 0.3) is 0 Å². The van der Waals surface area contributed by atoms with Gasteiger partial charge >= 0.3 is 6.09 Å². The number of ether oxygens (including phenoxy) is 1. The molecule has 4 nitrogen and oxygen atoms in total. The molecule has 0 aromatic carbocycles. The van der Waals surface area contributed by atoms with Gasteiger partial charge in [-0.25, -0.2) is 4.79 Å². The summed E-state index contributed by atoms with van der Waals surface area (Å²) in [6.45, 7) is 7.55. The highest BCUT2D eigenvalue weighted by atomic mass is 16.6. The average Bonchev–Trinajstić information content (AvgIpc) is 1.97. The quantitative estimate of drug-likeness (QED) is 0.661. The van der Waals surface area contributed by atoms with E-state index in [9.17, 15) is 4.79 Å². The molecule has 13 heavy (non-hydrogen) atoms. The monoisotopic (exact) mass is 186 g/mol. The first kappa shape index (κ1) is 11.9. The van der Waals surface area contributed by atoms with Crippen LogP contribution in [0.15, 0.2) is 0 Å². The molecule has 0 atom stereocenters. The van der Waals surface area contributed by atoms with Crippen LogP contribution < -0.4 is 5.32 Å². The first-order chi connectivity index (χ1) is 5.85. The molecule has 0 aromatic rings. The number of carbonyl (C=O) groups is 1. The molecule has 0 fully saturated rings. The van der Waals surface area contributed by atoms with Crippen LogP contribution in [0.2, 0.25) is 0 Å². The van der Waals surface area contributed by atoms with Gasteiger partial charge in [-0.05, 0) is 27.2 Å². The molecule has 0 aliphatic rings. The number of alkyl carbamates (subject to hydrolysis) is 1. The fraction of sp³-hybridized carbons (Fsp3) is 0.778. The summed E-state index contributed by atoms with van der Waals surface area (Å²) in [6, 6.07) is 0. The number of rotatable bonds is 3. The third-order valence-corrected chi connectivity index (χ3v) is 1.27. The lowest BCUT2D eigenvalue weighted by Crippen LogP contribution is -2.35. The highest BCUT2D eigenvalue weighted by Crippen LogP contribution is 2.06. The summed E-state index contributed by atoms with van der Waals surface area (Å²) in [5.41, 5.74) is 0.0178. The highest BCUT2D eigenvalue weighted by molar-refractivity contribution is 5.85. The van der Waals surface area contributed by atoms with Crippen molar-refractivity contribution in [2.75, 3.05) is 6.54 Å². The molecular formula is C9H18N2O2. The molecule has 0 saturated carbocycles. The number of amides is 1. The van der Waals surface area contributed by atoms with Gasteiger partial charge in [0.15, 0.2) is 0 Å². The van der Waals surface area contributed by atoms with Gasteiger partial charge in [-0.3, -0.25) is 0 Å². The summed E-state index contributed by atoms with van der Waals surface area (Å²) in [6.07, 6.45) is 0.182. The van der Waals surface area contributed by atoms with Crippen molar-refractivity contribution < 1.29 is 9.53 Å². The highest BCUT2D eigenvalue weighted by Gasteiger charge is 2.15. The Morgan fingerprint density at radius 1 is 1.46 bits per heavy atom.